The van der Waals surface area contributed by atoms with Gasteiger partial charge in [0.2, 0.25) is 0 Å². The van der Waals surface area contributed by atoms with E-state index in [1.54, 1.807) is 12.4 Å². The smallest absolute Gasteiger partial charge is 0.130 e. The average Bonchev–Trinajstić information content (AvgIpc) is 2.42. The number of aryl methyl sites for hydroxylation is 1. The predicted octanol–water partition coefficient (Wildman–Crippen LogP) is 4.46. The van der Waals surface area contributed by atoms with Crippen LogP contribution in [0.1, 0.15) is 26.3 Å². The van der Waals surface area contributed by atoms with E-state index < -0.39 is 0 Å². The summed E-state index contributed by atoms with van der Waals surface area (Å²) in [5.41, 5.74) is 1.28. The molecule has 2 rings (SSSR count). The van der Waals surface area contributed by atoms with Crippen LogP contribution in [0.4, 0.5) is 0 Å². The molecule has 2 aromatic rings. The Bertz CT molecular complexity index is 426. The summed E-state index contributed by atoms with van der Waals surface area (Å²) in [5.74, 6) is 1.69. The van der Waals surface area contributed by atoms with Crippen molar-refractivity contribution in [1.29, 1.82) is 0 Å². The van der Waals surface area contributed by atoms with E-state index in [4.69, 9.17) is 4.74 Å². The first-order valence-corrected chi connectivity index (χ1v) is 6.05. The zero-order valence-electron chi connectivity index (χ0n) is 10.7. The molecule has 0 aliphatic carbocycles. The molecule has 1 aromatic carbocycles. The molecule has 0 radical (unpaired) electrons. The molecule has 1 aromatic heterocycles. The maximum absolute atomic E-state index is 5.68. The topological polar surface area (TPSA) is 22.1 Å². The molecular weight excluding hydrogens is 210 g/mol. The fourth-order valence-corrected chi connectivity index (χ4v) is 1.37. The zero-order chi connectivity index (χ0) is 12.5. The van der Waals surface area contributed by atoms with Gasteiger partial charge < -0.3 is 4.74 Å². The second kappa shape index (κ2) is 7.44. The first-order valence-electron chi connectivity index (χ1n) is 6.05. The lowest BCUT2D eigenvalue weighted by molar-refractivity contribution is 0.481. The molecular formula is C15H19NO. The predicted molar refractivity (Wildman–Crippen MR) is 71.5 cm³/mol. The average molecular weight is 229 g/mol. The minimum atomic E-state index is 0.818. The van der Waals surface area contributed by atoms with Crippen molar-refractivity contribution in [2.75, 3.05) is 0 Å². The third-order valence-electron chi connectivity index (χ3n) is 2.19. The SMILES string of the molecule is CC.CCc1cccc(Oc2ccncc2)c1. The van der Waals surface area contributed by atoms with E-state index in [2.05, 4.69) is 24.0 Å². The maximum Gasteiger partial charge on any atom is 0.130 e. The summed E-state index contributed by atoms with van der Waals surface area (Å²) in [6.07, 6.45) is 4.46. The third-order valence-corrected chi connectivity index (χ3v) is 2.19. The van der Waals surface area contributed by atoms with Gasteiger partial charge in [0.25, 0.3) is 0 Å². The van der Waals surface area contributed by atoms with Crippen LogP contribution in [0.2, 0.25) is 0 Å². The van der Waals surface area contributed by atoms with E-state index in [9.17, 15) is 0 Å². The van der Waals surface area contributed by atoms with Gasteiger partial charge in [-0.2, -0.15) is 0 Å². The summed E-state index contributed by atoms with van der Waals surface area (Å²) in [7, 11) is 0. The van der Waals surface area contributed by atoms with Gasteiger partial charge in [0.1, 0.15) is 11.5 Å². The van der Waals surface area contributed by atoms with Gasteiger partial charge in [0.15, 0.2) is 0 Å². The van der Waals surface area contributed by atoms with Crippen molar-refractivity contribution in [3.63, 3.8) is 0 Å². The number of ether oxygens (including phenoxy) is 1. The second-order valence-corrected chi connectivity index (χ2v) is 3.29. The van der Waals surface area contributed by atoms with Gasteiger partial charge in [-0.1, -0.05) is 32.9 Å². The van der Waals surface area contributed by atoms with Gasteiger partial charge in [-0.05, 0) is 36.2 Å². The van der Waals surface area contributed by atoms with Crippen LogP contribution < -0.4 is 4.74 Å². The van der Waals surface area contributed by atoms with Crippen molar-refractivity contribution in [3.8, 4) is 11.5 Å². The van der Waals surface area contributed by atoms with Crippen molar-refractivity contribution in [2.24, 2.45) is 0 Å². The van der Waals surface area contributed by atoms with Crippen LogP contribution in [0.25, 0.3) is 0 Å². The molecule has 0 fully saturated rings. The lowest BCUT2D eigenvalue weighted by Crippen LogP contribution is -1.86. The Labute approximate surface area is 103 Å². The quantitative estimate of drug-likeness (QED) is 0.775. The highest BCUT2D eigenvalue weighted by molar-refractivity contribution is 5.32. The summed E-state index contributed by atoms with van der Waals surface area (Å²) in [6.45, 7) is 6.13. The Kier molecular flexibility index (Phi) is 5.80. The van der Waals surface area contributed by atoms with Crippen LogP contribution in [-0.4, -0.2) is 4.98 Å². The summed E-state index contributed by atoms with van der Waals surface area (Å²) in [6, 6.07) is 11.8. The molecule has 0 saturated carbocycles. The van der Waals surface area contributed by atoms with Crippen molar-refractivity contribution >= 4 is 0 Å². The van der Waals surface area contributed by atoms with Crippen LogP contribution in [0.15, 0.2) is 48.8 Å². The standard InChI is InChI=1S/C13H13NO.C2H6/c1-2-11-4-3-5-13(10-11)15-12-6-8-14-9-7-12;1-2/h3-10H,2H2,1H3;1-2H3. The van der Waals surface area contributed by atoms with Gasteiger partial charge in [0, 0.05) is 12.4 Å². The van der Waals surface area contributed by atoms with Crippen molar-refractivity contribution < 1.29 is 4.74 Å². The fourth-order valence-electron chi connectivity index (χ4n) is 1.37. The number of aromatic nitrogens is 1. The van der Waals surface area contributed by atoms with Gasteiger partial charge in [-0.3, -0.25) is 4.98 Å². The molecule has 1 heterocycles. The molecule has 0 saturated heterocycles. The molecule has 0 amide bonds. The Balaban J connectivity index is 0.000000686. The molecule has 0 N–H and O–H groups in total. The molecule has 17 heavy (non-hydrogen) atoms. The Morgan fingerprint density at radius 2 is 1.71 bits per heavy atom. The fraction of sp³-hybridized carbons (Fsp3) is 0.267. The third kappa shape index (κ3) is 4.27. The minimum absolute atomic E-state index is 0.818. The monoisotopic (exact) mass is 229 g/mol. The van der Waals surface area contributed by atoms with E-state index >= 15 is 0 Å². The first-order chi connectivity index (χ1) is 8.38. The molecule has 0 spiro atoms. The lowest BCUT2D eigenvalue weighted by atomic mass is 10.2. The van der Waals surface area contributed by atoms with Crippen LogP contribution in [0, 0.1) is 0 Å². The van der Waals surface area contributed by atoms with Gasteiger partial charge in [-0.25, -0.2) is 0 Å². The first kappa shape index (κ1) is 13.2. The Hall–Kier alpha value is -1.83. The molecule has 0 bridgehead atoms. The van der Waals surface area contributed by atoms with E-state index in [1.807, 2.05) is 38.1 Å². The number of rotatable bonds is 3. The summed E-state index contributed by atoms with van der Waals surface area (Å²) < 4.78 is 5.68. The molecule has 2 nitrogen and oxygen atoms in total. The largest absolute Gasteiger partial charge is 0.457 e. The molecule has 0 atom stereocenters. The van der Waals surface area contributed by atoms with Crippen LogP contribution in [0.3, 0.4) is 0 Å². The van der Waals surface area contributed by atoms with Crippen molar-refractivity contribution in [1.82, 2.24) is 4.98 Å². The number of nitrogens with zero attached hydrogens (tertiary/aromatic N) is 1. The summed E-state index contributed by atoms with van der Waals surface area (Å²) >= 11 is 0. The van der Waals surface area contributed by atoms with Crippen molar-refractivity contribution in [3.05, 3.63) is 54.4 Å². The van der Waals surface area contributed by atoms with E-state index in [-0.39, 0.29) is 0 Å². The van der Waals surface area contributed by atoms with E-state index in [0.29, 0.717) is 0 Å². The minimum Gasteiger partial charge on any atom is -0.457 e. The lowest BCUT2D eigenvalue weighted by Gasteiger charge is -2.06. The van der Waals surface area contributed by atoms with Crippen LogP contribution in [-0.2, 0) is 6.42 Å². The molecule has 2 heteroatoms. The summed E-state index contributed by atoms with van der Waals surface area (Å²) in [5, 5.41) is 0. The van der Waals surface area contributed by atoms with E-state index in [0.717, 1.165) is 17.9 Å². The maximum atomic E-state index is 5.68. The van der Waals surface area contributed by atoms with E-state index in [1.165, 1.54) is 5.56 Å². The van der Waals surface area contributed by atoms with Gasteiger partial charge in [0.05, 0.1) is 0 Å². The number of benzene rings is 1. The molecule has 90 valence electrons. The molecule has 0 unspecified atom stereocenters. The zero-order valence-corrected chi connectivity index (χ0v) is 10.7. The highest BCUT2D eigenvalue weighted by Gasteiger charge is 1.97. The number of hydrogen-bond donors (Lipinski definition) is 0. The Morgan fingerprint density at radius 3 is 2.35 bits per heavy atom. The second-order valence-electron chi connectivity index (χ2n) is 3.29. The number of pyridine rings is 1. The van der Waals surface area contributed by atoms with Gasteiger partial charge in [-0.15, -0.1) is 0 Å². The van der Waals surface area contributed by atoms with Gasteiger partial charge >= 0.3 is 0 Å². The number of hydrogen-bond acceptors (Lipinski definition) is 2. The van der Waals surface area contributed by atoms with Crippen LogP contribution >= 0.6 is 0 Å². The normalized spacial score (nSPS) is 9.12. The highest BCUT2D eigenvalue weighted by atomic mass is 16.5. The van der Waals surface area contributed by atoms with Crippen LogP contribution in [0.5, 0.6) is 11.5 Å². The highest BCUT2D eigenvalue weighted by Crippen LogP contribution is 2.21. The molecule has 0 aliphatic heterocycles. The molecule has 0 aliphatic rings. The Morgan fingerprint density at radius 1 is 1.00 bits per heavy atom. The summed E-state index contributed by atoms with van der Waals surface area (Å²) in [4.78, 5) is 3.94. The van der Waals surface area contributed by atoms with Crippen molar-refractivity contribution in [2.45, 2.75) is 27.2 Å².